The summed E-state index contributed by atoms with van der Waals surface area (Å²) in [7, 11) is -3.56. The number of carbonyl (C=O) groups is 1. The number of carboxylic acid groups (broad SMARTS) is 1. The van der Waals surface area contributed by atoms with Crippen LogP contribution in [0, 0.1) is 0 Å². The number of aliphatic carboxylic acids is 1. The summed E-state index contributed by atoms with van der Waals surface area (Å²) in [5.74, 6) is -0.0496. The van der Waals surface area contributed by atoms with E-state index in [1.807, 2.05) is 18.2 Å². The Morgan fingerprint density at radius 3 is 2.39 bits per heavy atom. The largest absolute Gasteiger partial charge is 0.493 e. The van der Waals surface area contributed by atoms with E-state index in [0.717, 1.165) is 17.4 Å². The molecule has 0 saturated heterocycles. The van der Waals surface area contributed by atoms with Crippen LogP contribution in [0.5, 0.6) is 11.5 Å². The van der Waals surface area contributed by atoms with Gasteiger partial charge in [0.15, 0.2) is 6.10 Å². The molecule has 0 spiro atoms. The van der Waals surface area contributed by atoms with Crippen LogP contribution in [-0.4, -0.2) is 45.1 Å². The van der Waals surface area contributed by atoms with Crippen LogP contribution in [-0.2, 0) is 32.5 Å². The molecule has 0 radical (unpaired) electrons. The van der Waals surface area contributed by atoms with Crippen LogP contribution in [0.2, 0.25) is 0 Å². The highest BCUT2D eigenvalue weighted by molar-refractivity contribution is 7.86. The predicted molar refractivity (Wildman–Crippen MR) is 104 cm³/mol. The van der Waals surface area contributed by atoms with Crippen LogP contribution in [0.4, 0.5) is 0 Å². The van der Waals surface area contributed by atoms with Gasteiger partial charge in [-0.25, -0.2) is 4.79 Å². The summed E-state index contributed by atoms with van der Waals surface area (Å²) < 4.78 is 38.2. The standard InChI is InChI=1S/C20H24O7S/c1-3-25-19(20(21)22)14-16-7-9-17(10-8-16)26-12-11-15-5-4-6-18(13-15)27-28(2,23)24/h4-10,13,19H,3,11-12,14H2,1-2H3,(H,21,22)/t19-/m0/s1. The zero-order valence-corrected chi connectivity index (χ0v) is 16.6. The highest BCUT2D eigenvalue weighted by atomic mass is 32.2. The highest BCUT2D eigenvalue weighted by Crippen LogP contribution is 2.17. The second-order valence-electron chi connectivity index (χ2n) is 6.16. The smallest absolute Gasteiger partial charge is 0.333 e. The molecular formula is C20H24O7S. The van der Waals surface area contributed by atoms with Gasteiger partial charge >= 0.3 is 16.1 Å². The van der Waals surface area contributed by atoms with Crippen molar-refractivity contribution < 1.29 is 32.0 Å². The first-order valence-corrected chi connectivity index (χ1v) is 10.6. The zero-order chi connectivity index (χ0) is 20.6. The predicted octanol–water partition coefficient (Wildman–Crippen LogP) is 2.68. The third-order valence-electron chi connectivity index (χ3n) is 3.79. The van der Waals surface area contributed by atoms with E-state index in [0.29, 0.717) is 25.4 Å². The molecule has 0 bridgehead atoms. The Kier molecular flexibility index (Phi) is 7.83. The van der Waals surface area contributed by atoms with E-state index in [9.17, 15) is 13.2 Å². The first-order valence-electron chi connectivity index (χ1n) is 8.81. The molecule has 0 fully saturated rings. The van der Waals surface area contributed by atoms with E-state index < -0.39 is 22.2 Å². The number of hydrogen-bond acceptors (Lipinski definition) is 6. The lowest BCUT2D eigenvalue weighted by molar-refractivity contribution is -0.149. The Morgan fingerprint density at radius 1 is 1.07 bits per heavy atom. The van der Waals surface area contributed by atoms with Gasteiger partial charge in [0.1, 0.15) is 11.5 Å². The van der Waals surface area contributed by atoms with Crippen molar-refractivity contribution in [3.05, 3.63) is 59.7 Å². The molecule has 2 aromatic rings. The molecule has 28 heavy (non-hydrogen) atoms. The van der Waals surface area contributed by atoms with Gasteiger partial charge in [-0.2, -0.15) is 8.42 Å². The lowest BCUT2D eigenvalue weighted by atomic mass is 10.1. The SMILES string of the molecule is CCO[C@@H](Cc1ccc(OCCc2cccc(OS(C)(=O)=O)c2)cc1)C(=O)O. The molecule has 7 nitrogen and oxygen atoms in total. The molecule has 152 valence electrons. The molecule has 0 aliphatic carbocycles. The number of carboxylic acids is 1. The summed E-state index contributed by atoms with van der Waals surface area (Å²) in [4.78, 5) is 11.1. The van der Waals surface area contributed by atoms with E-state index >= 15 is 0 Å². The van der Waals surface area contributed by atoms with Gasteiger partial charge in [0.05, 0.1) is 12.9 Å². The zero-order valence-electron chi connectivity index (χ0n) is 15.8. The fourth-order valence-electron chi connectivity index (χ4n) is 2.57. The number of ether oxygens (including phenoxy) is 2. The van der Waals surface area contributed by atoms with Crippen molar-refractivity contribution in [2.24, 2.45) is 0 Å². The summed E-state index contributed by atoms with van der Waals surface area (Å²) in [5.41, 5.74) is 1.73. The van der Waals surface area contributed by atoms with Crippen molar-refractivity contribution >= 4 is 16.1 Å². The normalized spacial score (nSPS) is 12.4. The average molecular weight is 408 g/mol. The molecule has 8 heteroatoms. The first kappa shape index (κ1) is 21.7. The van der Waals surface area contributed by atoms with Gasteiger partial charge in [-0.3, -0.25) is 0 Å². The summed E-state index contributed by atoms with van der Waals surface area (Å²) in [6, 6.07) is 14.0. The Hall–Kier alpha value is -2.58. The minimum atomic E-state index is -3.56. The molecule has 1 atom stereocenters. The van der Waals surface area contributed by atoms with Gasteiger partial charge < -0.3 is 18.8 Å². The highest BCUT2D eigenvalue weighted by Gasteiger charge is 2.17. The van der Waals surface area contributed by atoms with Gasteiger partial charge in [0.25, 0.3) is 0 Å². The molecule has 0 saturated carbocycles. The van der Waals surface area contributed by atoms with Gasteiger partial charge in [-0.1, -0.05) is 24.3 Å². The summed E-state index contributed by atoms with van der Waals surface area (Å²) in [6.07, 6.45) is 1.00. The van der Waals surface area contributed by atoms with Crippen molar-refractivity contribution in [1.29, 1.82) is 0 Å². The Morgan fingerprint density at radius 2 is 1.79 bits per heavy atom. The molecule has 1 N–H and O–H groups in total. The first-order chi connectivity index (χ1) is 13.3. The van der Waals surface area contributed by atoms with Crippen LogP contribution >= 0.6 is 0 Å². The fourth-order valence-corrected chi connectivity index (χ4v) is 3.02. The van der Waals surface area contributed by atoms with Crippen molar-refractivity contribution in [3.63, 3.8) is 0 Å². The van der Waals surface area contributed by atoms with E-state index in [-0.39, 0.29) is 12.2 Å². The average Bonchev–Trinajstić information content (AvgIpc) is 2.61. The minimum Gasteiger partial charge on any atom is -0.493 e. The lowest BCUT2D eigenvalue weighted by Gasteiger charge is -2.13. The Balaban J connectivity index is 1.87. The number of hydrogen-bond donors (Lipinski definition) is 1. The summed E-state index contributed by atoms with van der Waals surface area (Å²) in [6.45, 7) is 2.50. The number of rotatable bonds is 11. The summed E-state index contributed by atoms with van der Waals surface area (Å²) >= 11 is 0. The number of benzene rings is 2. The molecule has 0 aromatic heterocycles. The van der Waals surface area contributed by atoms with Gasteiger partial charge in [0.2, 0.25) is 0 Å². The molecule has 0 heterocycles. The van der Waals surface area contributed by atoms with Gasteiger partial charge in [0, 0.05) is 19.4 Å². The maximum absolute atomic E-state index is 11.2. The van der Waals surface area contributed by atoms with Crippen LogP contribution < -0.4 is 8.92 Å². The van der Waals surface area contributed by atoms with Crippen molar-refractivity contribution in [3.8, 4) is 11.5 Å². The van der Waals surface area contributed by atoms with Crippen LogP contribution in [0.25, 0.3) is 0 Å². The Bertz CT molecular complexity index is 876. The molecule has 0 amide bonds. The molecule has 2 rings (SSSR count). The van der Waals surface area contributed by atoms with Crippen molar-refractivity contribution in [2.45, 2.75) is 25.9 Å². The third-order valence-corrected chi connectivity index (χ3v) is 4.29. The molecule has 0 aliphatic heterocycles. The second kappa shape index (κ2) is 10.1. The molecule has 2 aromatic carbocycles. The van der Waals surface area contributed by atoms with E-state index in [2.05, 4.69) is 0 Å². The Labute approximate surface area is 165 Å². The molecule has 0 aliphatic rings. The third kappa shape index (κ3) is 7.58. The van der Waals surface area contributed by atoms with E-state index in [4.69, 9.17) is 18.8 Å². The van der Waals surface area contributed by atoms with Crippen LogP contribution in [0.1, 0.15) is 18.1 Å². The maximum Gasteiger partial charge on any atom is 0.333 e. The van der Waals surface area contributed by atoms with E-state index in [1.54, 1.807) is 37.3 Å². The summed E-state index contributed by atoms with van der Waals surface area (Å²) in [5, 5.41) is 9.13. The van der Waals surface area contributed by atoms with Gasteiger partial charge in [-0.05, 0) is 42.3 Å². The van der Waals surface area contributed by atoms with Crippen molar-refractivity contribution in [1.82, 2.24) is 0 Å². The lowest BCUT2D eigenvalue weighted by Crippen LogP contribution is -2.26. The molecular weight excluding hydrogens is 384 g/mol. The molecule has 0 unspecified atom stereocenters. The van der Waals surface area contributed by atoms with Gasteiger partial charge in [-0.15, -0.1) is 0 Å². The van der Waals surface area contributed by atoms with Crippen LogP contribution in [0.15, 0.2) is 48.5 Å². The maximum atomic E-state index is 11.2. The monoisotopic (exact) mass is 408 g/mol. The fraction of sp³-hybridized carbons (Fsp3) is 0.350. The topological polar surface area (TPSA) is 99.1 Å². The van der Waals surface area contributed by atoms with Crippen molar-refractivity contribution in [2.75, 3.05) is 19.5 Å². The van der Waals surface area contributed by atoms with Crippen LogP contribution in [0.3, 0.4) is 0 Å². The van der Waals surface area contributed by atoms with E-state index in [1.165, 1.54) is 0 Å². The quantitative estimate of drug-likeness (QED) is 0.571. The minimum absolute atomic E-state index is 0.270. The second-order valence-corrected chi connectivity index (χ2v) is 7.74.